The average molecular weight is 199 g/mol. The zero-order valence-corrected chi connectivity index (χ0v) is 8.86. The van der Waals surface area contributed by atoms with Crippen molar-refractivity contribution in [2.45, 2.75) is 6.92 Å². The molecule has 0 aliphatic carbocycles. The van der Waals surface area contributed by atoms with Crippen LogP contribution < -0.4 is 5.32 Å². The van der Waals surface area contributed by atoms with Gasteiger partial charge in [0.05, 0.1) is 18.1 Å². The fourth-order valence-electron chi connectivity index (χ4n) is 1.39. The van der Waals surface area contributed by atoms with E-state index in [0.717, 1.165) is 17.1 Å². The monoisotopic (exact) mass is 199 g/mol. The lowest BCUT2D eigenvalue weighted by Gasteiger charge is -2.02. The third-order valence-corrected chi connectivity index (χ3v) is 2.22. The predicted octanol–water partition coefficient (Wildman–Crippen LogP) is 2.49. The van der Waals surface area contributed by atoms with Crippen LogP contribution in [0.15, 0.2) is 36.7 Å². The molecule has 0 saturated carbocycles. The fourth-order valence-corrected chi connectivity index (χ4v) is 1.39. The highest BCUT2D eigenvalue weighted by molar-refractivity contribution is 5.56. The molecule has 1 N–H and O–H groups in total. The van der Waals surface area contributed by atoms with Gasteiger partial charge in [0.2, 0.25) is 0 Å². The Morgan fingerprint density at radius 3 is 2.47 bits per heavy atom. The number of hydrogen-bond acceptors (Lipinski definition) is 3. The second-order valence-corrected chi connectivity index (χ2v) is 3.41. The molecule has 3 heteroatoms. The molecule has 0 aliphatic heterocycles. The van der Waals surface area contributed by atoms with Crippen LogP contribution in [0.5, 0.6) is 0 Å². The van der Waals surface area contributed by atoms with E-state index >= 15 is 0 Å². The van der Waals surface area contributed by atoms with Crippen LogP contribution in [0, 0.1) is 6.92 Å². The minimum atomic E-state index is 0.762. The van der Waals surface area contributed by atoms with Crippen LogP contribution in [0.2, 0.25) is 0 Å². The van der Waals surface area contributed by atoms with Gasteiger partial charge in [0, 0.05) is 12.6 Å². The molecule has 0 saturated heterocycles. The smallest absolute Gasteiger partial charge is 0.159 e. The van der Waals surface area contributed by atoms with Gasteiger partial charge < -0.3 is 5.32 Å². The van der Waals surface area contributed by atoms with E-state index in [1.54, 1.807) is 12.4 Å². The average Bonchev–Trinajstić information content (AvgIpc) is 2.29. The van der Waals surface area contributed by atoms with E-state index in [1.807, 2.05) is 19.2 Å². The zero-order valence-electron chi connectivity index (χ0n) is 8.86. The molecule has 1 aromatic carbocycles. The van der Waals surface area contributed by atoms with E-state index in [9.17, 15) is 0 Å². The van der Waals surface area contributed by atoms with Crippen LogP contribution >= 0.6 is 0 Å². The molecule has 0 bridgehead atoms. The van der Waals surface area contributed by atoms with E-state index in [0.29, 0.717) is 0 Å². The van der Waals surface area contributed by atoms with E-state index < -0.39 is 0 Å². The van der Waals surface area contributed by atoms with Gasteiger partial charge in [-0.15, -0.1) is 0 Å². The lowest BCUT2D eigenvalue weighted by Crippen LogP contribution is -1.93. The largest absolute Gasteiger partial charge is 0.386 e. The molecule has 1 aromatic heterocycles. The second kappa shape index (κ2) is 4.09. The molecule has 0 radical (unpaired) electrons. The molecule has 76 valence electrons. The third kappa shape index (κ3) is 2.13. The lowest BCUT2D eigenvalue weighted by molar-refractivity contribution is 1.17. The van der Waals surface area contributed by atoms with Gasteiger partial charge in [-0.1, -0.05) is 23.8 Å². The number of aromatic nitrogens is 2. The molecule has 2 rings (SSSR count). The maximum atomic E-state index is 4.29. The molecule has 0 spiro atoms. The summed E-state index contributed by atoms with van der Waals surface area (Å²) in [5.74, 6) is 0.762. The van der Waals surface area contributed by atoms with E-state index in [-0.39, 0.29) is 0 Å². The van der Waals surface area contributed by atoms with Crippen LogP contribution in [-0.2, 0) is 0 Å². The Labute approximate surface area is 89.2 Å². The van der Waals surface area contributed by atoms with E-state index in [2.05, 4.69) is 34.3 Å². The minimum Gasteiger partial charge on any atom is -0.386 e. The number of nitrogens with zero attached hydrogens (tertiary/aromatic N) is 2. The Morgan fingerprint density at radius 1 is 1.13 bits per heavy atom. The Hall–Kier alpha value is -1.90. The molecular formula is C12H13N3. The SMILES string of the molecule is CNc1cnc(-c2cccc(C)c2)nc1. The van der Waals surface area contributed by atoms with Crippen molar-refractivity contribution in [3.05, 3.63) is 42.2 Å². The summed E-state index contributed by atoms with van der Waals surface area (Å²) in [7, 11) is 1.85. The normalized spacial score (nSPS) is 10.0. The van der Waals surface area contributed by atoms with Crippen LogP contribution in [0.4, 0.5) is 5.69 Å². The first kappa shape index (κ1) is 9.65. The third-order valence-electron chi connectivity index (χ3n) is 2.22. The molecule has 0 atom stereocenters. The van der Waals surface area contributed by atoms with Crippen molar-refractivity contribution in [3.63, 3.8) is 0 Å². The van der Waals surface area contributed by atoms with Gasteiger partial charge in [0.25, 0.3) is 0 Å². The highest BCUT2D eigenvalue weighted by Crippen LogP contribution is 2.16. The summed E-state index contributed by atoms with van der Waals surface area (Å²) >= 11 is 0. The number of nitrogens with one attached hydrogen (secondary N) is 1. The molecule has 3 nitrogen and oxygen atoms in total. The lowest BCUT2D eigenvalue weighted by atomic mass is 10.1. The Morgan fingerprint density at radius 2 is 1.87 bits per heavy atom. The van der Waals surface area contributed by atoms with Crippen LogP contribution in [0.1, 0.15) is 5.56 Å². The van der Waals surface area contributed by atoms with Crippen molar-refractivity contribution in [2.24, 2.45) is 0 Å². The van der Waals surface area contributed by atoms with E-state index in [1.165, 1.54) is 5.56 Å². The van der Waals surface area contributed by atoms with Gasteiger partial charge in [0.15, 0.2) is 5.82 Å². The predicted molar refractivity (Wildman–Crippen MR) is 61.8 cm³/mol. The van der Waals surface area contributed by atoms with Crippen LogP contribution in [0.25, 0.3) is 11.4 Å². The first-order valence-corrected chi connectivity index (χ1v) is 4.86. The molecule has 0 aliphatic rings. The summed E-state index contributed by atoms with van der Waals surface area (Å²) in [5, 5.41) is 2.99. The van der Waals surface area contributed by atoms with Crippen LogP contribution in [0.3, 0.4) is 0 Å². The first-order valence-electron chi connectivity index (χ1n) is 4.86. The number of rotatable bonds is 2. The molecule has 0 unspecified atom stereocenters. The highest BCUT2D eigenvalue weighted by atomic mass is 14.9. The highest BCUT2D eigenvalue weighted by Gasteiger charge is 2.00. The number of aryl methyl sites for hydroxylation is 1. The molecule has 15 heavy (non-hydrogen) atoms. The van der Waals surface area contributed by atoms with Gasteiger partial charge >= 0.3 is 0 Å². The number of benzene rings is 1. The molecule has 2 aromatic rings. The van der Waals surface area contributed by atoms with Crippen molar-refractivity contribution in [3.8, 4) is 11.4 Å². The van der Waals surface area contributed by atoms with Gasteiger partial charge in [-0.25, -0.2) is 9.97 Å². The topological polar surface area (TPSA) is 37.8 Å². The molecular weight excluding hydrogens is 186 g/mol. The first-order chi connectivity index (χ1) is 7.29. The van der Waals surface area contributed by atoms with Crippen molar-refractivity contribution < 1.29 is 0 Å². The molecule has 0 fully saturated rings. The fraction of sp³-hybridized carbons (Fsp3) is 0.167. The van der Waals surface area contributed by atoms with Crippen molar-refractivity contribution >= 4 is 5.69 Å². The maximum absolute atomic E-state index is 4.29. The minimum absolute atomic E-state index is 0.762. The van der Waals surface area contributed by atoms with Gasteiger partial charge in [-0.2, -0.15) is 0 Å². The Bertz CT molecular complexity index is 449. The maximum Gasteiger partial charge on any atom is 0.159 e. The molecule has 1 heterocycles. The Balaban J connectivity index is 2.37. The summed E-state index contributed by atoms with van der Waals surface area (Å²) in [6.45, 7) is 2.06. The van der Waals surface area contributed by atoms with Crippen LogP contribution in [-0.4, -0.2) is 17.0 Å². The summed E-state index contributed by atoms with van der Waals surface area (Å²) < 4.78 is 0. The summed E-state index contributed by atoms with van der Waals surface area (Å²) in [6.07, 6.45) is 3.56. The molecule has 0 amide bonds. The van der Waals surface area contributed by atoms with E-state index in [4.69, 9.17) is 0 Å². The zero-order chi connectivity index (χ0) is 10.7. The summed E-state index contributed by atoms with van der Waals surface area (Å²) in [5.41, 5.74) is 3.19. The number of hydrogen-bond donors (Lipinski definition) is 1. The Kier molecular flexibility index (Phi) is 2.63. The number of anilines is 1. The second-order valence-electron chi connectivity index (χ2n) is 3.41. The quantitative estimate of drug-likeness (QED) is 0.807. The van der Waals surface area contributed by atoms with Crippen molar-refractivity contribution in [1.82, 2.24) is 9.97 Å². The standard InChI is InChI=1S/C12H13N3/c1-9-4-3-5-10(6-9)12-14-7-11(13-2)8-15-12/h3-8,13H,1-2H3. The summed E-state index contributed by atoms with van der Waals surface area (Å²) in [6, 6.07) is 8.17. The van der Waals surface area contributed by atoms with Crippen molar-refractivity contribution in [2.75, 3.05) is 12.4 Å². The van der Waals surface area contributed by atoms with Gasteiger partial charge in [-0.05, 0) is 13.0 Å². The van der Waals surface area contributed by atoms with Crippen molar-refractivity contribution in [1.29, 1.82) is 0 Å². The van der Waals surface area contributed by atoms with Gasteiger partial charge in [-0.3, -0.25) is 0 Å². The summed E-state index contributed by atoms with van der Waals surface area (Å²) in [4.78, 5) is 8.57. The van der Waals surface area contributed by atoms with Gasteiger partial charge in [0.1, 0.15) is 0 Å².